The molecule has 0 saturated heterocycles. The summed E-state index contributed by atoms with van der Waals surface area (Å²) < 4.78 is 30.1. The van der Waals surface area contributed by atoms with Crippen LogP contribution in [-0.2, 0) is 14.8 Å². The van der Waals surface area contributed by atoms with Crippen LogP contribution >= 0.6 is 11.3 Å². The van der Waals surface area contributed by atoms with Crippen LogP contribution in [0.4, 0.5) is 0 Å². The van der Waals surface area contributed by atoms with Gasteiger partial charge in [0.05, 0.1) is 12.6 Å². The normalized spacial score (nSPS) is 11.8. The first-order chi connectivity index (χ1) is 7.98. The van der Waals surface area contributed by atoms with Crippen molar-refractivity contribution in [3.8, 4) is 0 Å². The van der Waals surface area contributed by atoms with Crippen molar-refractivity contribution in [3.05, 3.63) is 11.2 Å². The second-order valence-electron chi connectivity index (χ2n) is 3.07. The Morgan fingerprint density at radius 2 is 2.06 bits per heavy atom. The number of ether oxygens (including phenoxy) is 1. The van der Waals surface area contributed by atoms with Gasteiger partial charge in [-0.05, 0) is 0 Å². The Morgan fingerprint density at radius 3 is 2.53 bits per heavy atom. The van der Waals surface area contributed by atoms with Crippen LogP contribution in [0.2, 0.25) is 0 Å². The Balaban J connectivity index is 3.25. The Hall–Kier alpha value is -0.990. The molecule has 1 aromatic heterocycles. The molecule has 0 aliphatic rings. The van der Waals surface area contributed by atoms with Crippen LogP contribution in [0.1, 0.15) is 24.3 Å². The number of carbonyl (C=O) groups is 1. The molecule has 1 heterocycles. The van der Waals surface area contributed by atoms with Gasteiger partial charge >= 0.3 is 5.97 Å². The van der Waals surface area contributed by atoms with E-state index in [1.54, 1.807) is 13.8 Å². The number of hydrogen-bond acceptors (Lipinski definition) is 6. The standard InChI is InChI=1S/C9H14N2O4S2/c1-4-11(5-2)17(13,14)9-7(8(12)15-3)10-6-16-9/h6H,4-5H2,1-3H3. The predicted octanol–water partition coefficient (Wildman–Crippen LogP) is 0.960. The minimum atomic E-state index is -3.66. The van der Waals surface area contributed by atoms with Crippen LogP contribution in [0.25, 0.3) is 0 Å². The monoisotopic (exact) mass is 278 g/mol. The van der Waals surface area contributed by atoms with Gasteiger partial charge in [-0.2, -0.15) is 4.31 Å². The van der Waals surface area contributed by atoms with E-state index < -0.39 is 16.0 Å². The first kappa shape index (κ1) is 14.1. The van der Waals surface area contributed by atoms with Crippen molar-refractivity contribution in [2.45, 2.75) is 18.1 Å². The zero-order chi connectivity index (χ0) is 13.1. The van der Waals surface area contributed by atoms with Gasteiger partial charge in [-0.1, -0.05) is 13.8 Å². The van der Waals surface area contributed by atoms with Crippen molar-refractivity contribution < 1.29 is 17.9 Å². The van der Waals surface area contributed by atoms with Crippen molar-refractivity contribution >= 4 is 27.3 Å². The summed E-state index contributed by atoms with van der Waals surface area (Å²) in [5.41, 5.74) is 1.17. The van der Waals surface area contributed by atoms with Crippen LogP contribution in [0.5, 0.6) is 0 Å². The number of hydrogen-bond donors (Lipinski definition) is 0. The molecule has 0 spiro atoms. The molecule has 6 nitrogen and oxygen atoms in total. The van der Waals surface area contributed by atoms with Crippen molar-refractivity contribution in [3.63, 3.8) is 0 Å². The number of nitrogens with zero attached hydrogens (tertiary/aromatic N) is 2. The summed E-state index contributed by atoms with van der Waals surface area (Å²) in [5, 5.41) is 0. The molecule has 0 N–H and O–H groups in total. The van der Waals surface area contributed by atoms with Crippen molar-refractivity contribution in [1.82, 2.24) is 9.29 Å². The van der Waals surface area contributed by atoms with Gasteiger partial charge in [0.2, 0.25) is 0 Å². The van der Waals surface area contributed by atoms with E-state index in [0.29, 0.717) is 13.1 Å². The van der Waals surface area contributed by atoms with E-state index in [1.165, 1.54) is 16.9 Å². The number of sulfonamides is 1. The topological polar surface area (TPSA) is 76.6 Å². The van der Waals surface area contributed by atoms with Crippen LogP contribution in [0.3, 0.4) is 0 Å². The quantitative estimate of drug-likeness (QED) is 0.750. The minimum Gasteiger partial charge on any atom is -0.464 e. The molecule has 17 heavy (non-hydrogen) atoms. The summed E-state index contributed by atoms with van der Waals surface area (Å²) in [6.07, 6.45) is 0. The summed E-state index contributed by atoms with van der Waals surface area (Å²) in [5.74, 6) is -0.739. The van der Waals surface area contributed by atoms with Gasteiger partial charge in [-0.25, -0.2) is 18.2 Å². The fourth-order valence-electron chi connectivity index (χ4n) is 1.33. The van der Waals surface area contributed by atoms with Crippen molar-refractivity contribution in [1.29, 1.82) is 0 Å². The fourth-order valence-corrected chi connectivity index (χ4v) is 4.06. The highest BCUT2D eigenvalue weighted by Gasteiger charge is 2.30. The Kier molecular flexibility index (Phi) is 4.61. The van der Waals surface area contributed by atoms with Gasteiger partial charge in [0, 0.05) is 13.1 Å². The SMILES string of the molecule is CCN(CC)S(=O)(=O)c1scnc1C(=O)OC. The molecule has 8 heteroatoms. The van der Waals surface area contributed by atoms with E-state index in [9.17, 15) is 13.2 Å². The third-order valence-corrected chi connectivity index (χ3v) is 5.59. The van der Waals surface area contributed by atoms with Gasteiger partial charge in [0.25, 0.3) is 10.0 Å². The van der Waals surface area contributed by atoms with Gasteiger partial charge < -0.3 is 4.74 Å². The average molecular weight is 278 g/mol. The second kappa shape index (κ2) is 5.56. The van der Waals surface area contributed by atoms with Crippen LogP contribution in [0.15, 0.2) is 9.72 Å². The van der Waals surface area contributed by atoms with E-state index in [2.05, 4.69) is 9.72 Å². The highest BCUT2D eigenvalue weighted by molar-refractivity contribution is 7.91. The zero-order valence-corrected chi connectivity index (χ0v) is 11.5. The molecular weight excluding hydrogens is 264 g/mol. The maximum atomic E-state index is 12.2. The van der Waals surface area contributed by atoms with E-state index in [0.717, 1.165) is 11.3 Å². The van der Waals surface area contributed by atoms with Crippen molar-refractivity contribution in [2.24, 2.45) is 0 Å². The minimum absolute atomic E-state index is 0.0620. The van der Waals surface area contributed by atoms with E-state index >= 15 is 0 Å². The fraction of sp³-hybridized carbons (Fsp3) is 0.556. The lowest BCUT2D eigenvalue weighted by Crippen LogP contribution is -2.31. The van der Waals surface area contributed by atoms with Gasteiger partial charge in [0.15, 0.2) is 9.90 Å². The molecule has 0 fully saturated rings. The number of carbonyl (C=O) groups excluding carboxylic acids is 1. The van der Waals surface area contributed by atoms with E-state index in [-0.39, 0.29) is 9.90 Å². The predicted molar refractivity (Wildman–Crippen MR) is 63.6 cm³/mol. The number of esters is 1. The molecule has 0 aromatic carbocycles. The van der Waals surface area contributed by atoms with E-state index in [1.807, 2.05) is 0 Å². The smallest absolute Gasteiger partial charge is 0.358 e. The maximum Gasteiger partial charge on any atom is 0.358 e. The number of aromatic nitrogens is 1. The van der Waals surface area contributed by atoms with Crippen LogP contribution in [0, 0.1) is 0 Å². The van der Waals surface area contributed by atoms with Crippen molar-refractivity contribution in [2.75, 3.05) is 20.2 Å². The van der Waals surface area contributed by atoms with Gasteiger partial charge in [-0.15, -0.1) is 11.3 Å². The highest BCUT2D eigenvalue weighted by Crippen LogP contribution is 2.24. The van der Waals surface area contributed by atoms with Gasteiger partial charge in [0.1, 0.15) is 0 Å². The Morgan fingerprint density at radius 1 is 1.47 bits per heavy atom. The molecular formula is C9H14N2O4S2. The average Bonchev–Trinajstić information content (AvgIpc) is 2.78. The number of rotatable bonds is 5. The molecule has 0 atom stereocenters. The summed E-state index contributed by atoms with van der Waals surface area (Å²) in [4.78, 5) is 15.1. The molecule has 0 unspecified atom stereocenters. The number of methoxy groups -OCH3 is 1. The summed E-state index contributed by atoms with van der Waals surface area (Å²) in [7, 11) is -2.47. The summed E-state index contributed by atoms with van der Waals surface area (Å²) >= 11 is 0.918. The lowest BCUT2D eigenvalue weighted by molar-refractivity contribution is 0.0590. The van der Waals surface area contributed by atoms with E-state index in [4.69, 9.17) is 0 Å². The molecule has 96 valence electrons. The Labute approximate surface area is 104 Å². The molecule has 0 radical (unpaired) electrons. The third-order valence-electron chi connectivity index (χ3n) is 2.19. The molecule has 0 aliphatic heterocycles. The highest BCUT2D eigenvalue weighted by atomic mass is 32.2. The second-order valence-corrected chi connectivity index (χ2v) is 6.06. The molecule has 0 aliphatic carbocycles. The van der Waals surface area contributed by atoms with Crippen LogP contribution < -0.4 is 0 Å². The molecule has 0 bridgehead atoms. The number of thiazole rings is 1. The largest absolute Gasteiger partial charge is 0.464 e. The lowest BCUT2D eigenvalue weighted by atomic mass is 10.5. The molecule has 1 aromatic rings. The lowest BCUT2D eigenvalue weighted by Gasteiger charge is -2.17. The molecule has 0 amide bonds. The zero-order valence-electron chi connectivity index (χ0n) is 9.84. The molecule has 0 saturated carbocycles. The first-order valence-electron chi connectivity index (χ1n) is 5.00. The third kappa shape index (κ3) is 2.64. The Bertz CT molecular complexity index is 491. The summed E-state index contributed by atoms with van der Waals surface area (Å²) in [6.45, 7) is 4.16. The molecule has 1 rings (SSSR count). The first-order valence-corrected chi connectivity index (χ1v) is 7.32. The van der Waals surface area contributed by atoms with Gasteiger partial charge in [-0.3, -0.25) is 0 Å². The summed E-state index contributed by atoms with van der Waals surface area (Å²) in [6, 6.07) is 0. The maximum absolute atomic E-state index is 12.2. The van der Waals surface area contributed by atoms with Crippen LogP contribution in [-0.4, -0.2) is 43.9 Å².